The number of hydrogen-bond acceptors (Lipinski definition) is 3. The molecule has 2 heterocycles. The SMILES string of the molecule is CC[C@@H]1[C@H](C)CCCN1C(=O)c1cc(F)ccc1-c1ncccn1. The van der Waals surface area contributed by atoms with Crippen molar-refractivity contribution in [1.82, 2.24) is 14.9 Å². The van der Waals surface area contributed by atoms with Gasteiger partial charge in [0.15, 0.2) is 5.82 Å². The summed E-state index contributed by atoms with van der Waals surface area (Å²) in [5, 5.41) is 0. The van der Waals surface area contributed by atoms with Gasteiger partial charge in [0.05, 0.1) is 5.56 Å². The molecule has 0 bridgehead atoms. The van der Waals surface area contributed by atoms with Gasteiger partial charge in [-0.25, -0.2) is 14.4 Å². The van der Waals surface area contributed by atoms with Gasteiger partial charge < -0.3 is 4.90 Å². The second-order valence-electron chi connectivity index (χ2n) is 6.36. The summed E-state index contributed by atoms with van der Waals surface area (Å²) in [6.07, 6.45) is 6.25. The molecule has 1 fully saturated rings. The number of carbonyl (C=O) groups is 1. The molecule has 126 valence electrons. The molecular formula is C19H22FN3O. The van der Waals surface area contributed by atoms with Crippen LogP contribution in [0.2, 0.25) is 0 Å². The Balaban J connectivity index is 2.02. The Morgan fingerprint density at radius 2 is 2.08 bits per heavy atom. The summed E-state index contributed by atoms with van der Waals surface area (Å²) in [5.74, 6) is 0.350. The fourth-order valence-electron chi connectivity index (χ4n) is 3.61. The number of benzene rings is 1. The highest BCUT2D eigenvalue weighted by molar-refractivity contribution is 6.00. The van der Waals surface area contributed by atoms with Gasteiger partial charge in [-0.3, -0.25) is 4.79 Å². The van der Waals surface area contributed by atoms with E-state index in [9.17, 15) is 9.18 Å². The summed E-state index contributed by atoms with van der Waals surface area (Å²) < 4.78 is 13.8. The number of amides is 1. The lowest BCUT2D eigenvalue weighted by atomic mass is 9.88. The van der Waals surface area contributed by atoms with Crippen LogP contribution in [-0.2, 0) is 0 Å². The molecule has 1 saturated heterocycles. The van der Waals surface area contributed by atoms with Crippen molar-refractivity contribution >= 4 is 5.91 Å². The van der Waals surface area contributed by atoms with Crippen LogP contribution in [0.3, 0.4) is 0 Å². The van der Waals surface area contributed by atoms with E-state index in [2.05, 4.69) is 23.8 Å². The Labute approximate surface area is 141 Å². The number of hydrogen-bond donors (Lipinski definition) is 0. The van der Waals surface area contributed by atoms with Gasteiger partial charge in [-0.1, -0.05) is 13.8 Å². The molecular weight excluding hydrogens is 305 g/mol. The van der Waals surface area contributed by atoms with Crippen molar-refractivity contribution in [3.63, 3.8) is 0 Å². The van der Waals surface area contributed by atoms with Crippen LogP contribution in [0.15, 0.2) is 36.7 Å². The van der Waals surface area contributed by atoms with Gasteiger partial charge >= 0.3 is 0 Å². The van der Waals surface area contributed by atoms with E-state index in [0.29, 0.717) is 29.4 Å². The molecule has 0 saturated carbocycles. The lowest BCUT2D eigenvalue weighted by Crippen LogP contribution is -2.47. The first-order valence-electron chi connectivity index (χ1n) is 8.49. The third-order valence-corrected chi connectivity index (χ3v) is 4.81. The van der Waals surface area contributed by atoms with Crippen molar-refractivity contribution in [2.75, 3.05) is 6.54 Å². The first-order valence-corrected chi connectivity index (χ1v) is 8.49. The van der Waals surface area contributed by atoms with E-state index < -0.39 is 5.82 Å². The number of rotatable bonds is 3. The van der Waals surface area contributed by atoms with Gasteiger partial charge in [0.2, 0.25) is 0 Å². The standard InChI is InChI=1S/C19H22FN3O/c1-3-17-13(2)6-4-11-23(17)19(24)16-12-14(20)7-8-15(16)18-21-9-5-10-22-18/h5,7-10,12-13,17H,3-4,6,11H2,1-2H3/t13-,17-/m1/s1. The van der Waals surface area contributed by atoms with E-state index in [1.807, 2.05) is 4.90 Å². The molecule has 0 N–H and O–H groups in total. The monoisotopic (exact) mass is 327 g/mol. The second kappa shape index (κ2) is 7.07. The third kappa shape index (κ3) is 3.16. The number of nitrogens with zero attached hydrogens (tertiary/aromatic N) is 3. The molecule has 4 nitrogen and oxygen atoms in total. The summed E-state index contributed by atoms with van der Waals surface area (Å²) in [6, 6.07) is 6.15. The highest BCUT2D eigenvalue weighted by Gasteiger charge is 2.32. The number of halogens is 1. The molecule has 0 unspecified atom stereocenters. The smallest absolute Gasteiger partial charge is 0.254 e. The molecule has 2 atom stereocenters. The normalized spacial score (nSPS) is 20.9. The number of carbonyl (C=O) groups excluding carboxylic acids is 1. The molecule has 1 aromatic heterocycles. The van der Waals surface area contributed by atoms with Crippen LogP contribution in [0.1, 0.15) is 43.5 Å². The summed E-state index contributed by atoms with van der Waals surface area (Å²) in [4.78, 5) is 23.5. The minimum atomic E-state index is -0.420. The maximum Gasteiger partial charge on any atom is 0.254 e. The summed E-state index contributed by atoms with van der Waals surface area (Å²) in [6.45, 7) is 4.99. The zero-order valence-electron chi connectivity index (χ0n) is 14.1. The zero-order valence-corrected chi connectivity index (χ0v) is 14.1. The third-order valence-electron chi connectivity index (χ3n) is 4.81. The van der Waals surface area contributed by atoms with Crippen LogP contribution in [-0.4, -0.2) is 33.4 Å². The zero-order chi connectivity index (χ0) is 17.1. The van der Waals surface area contributed by atoms with Crippen molar-refractivity contribution < 1.29 is 9.18 Å². The van der Waals surface area contributed by atoms with Crippen LogP contribution >= 0.6 is 0 Å². The van der Waals surface area contributed by atoms with Crippen molar-refractivity contribution in [3.8, 4) is 11.4 Å². The fourth-order valence-corrected chi connectivity index (χ4v) is 3.61. The Hall–Kier alpha value is -2.30. The first kappa shape index (κ1) is 16.6. The molecule has 0 aliphatic carbocycles. The van der Waals surface area contributed by atoms with Gasteiger partial charge in [0, 0.05) is 30.5 Å². The van der Waals surface area contributed by atoms with Crippen LogP contribution in [0, 0.1) is 11.7 Å². The molecule has 0 spiro atoms. The van der Waals surface area contributed by atoms with E-state index in [0.717, 1.165) is 19.3 Å². The minimum Gasteiger partial charge on any atom is -0.335 e. The number of aromatic nitrogens is 2. The average molecular weight is 327 g/mol. The molecule has 1 amide bonds. The number of piperidine rings is 1. The van der Waals surface area contributed by atoms with Gasteiger partial charge in [-0.05, 0) is 49.4 Å². The second-order valence-corrected chi connectivity index (χ2v) is 6.36. The van der Waals surface area contributed by atoms with E-state index in [4.69, 9.17) is 0 Å². The molecule has 5 heteroatoms. The van der Waals surface area contributed by atoms with Crippen LogP contribution < -0.4 is 0 Å². The molecule has 1 aromatic carbocycles. The summed E-state index contributed by atoms with van der Waals surface area (Å²) >= 11 is 0. The lowest BCUT2D eigenvalue weighted by molar-refractivity contribution is 0.0509. The van der Waals surface area contributed by atoms with Gasteiger partial charge in [0.1, 0.15) is 5.82 Å². The maximum atomic E-state index is 13.8. The minimum absolute atomic E-state index is 0.129. The lowest BCUT2D eigenvalue weighted by Gasteiger charge is -2.40. The fraction of sp³-hybridized carbons (Fsp3) is 0.421. The highest BCUT2D eigenvalue weighted by Crippen LogP contribution is 2.29. The van der Waals surface area contributed by atoms with E-state index in [-0.39, 0.29) is 11.9 Å². The van der Waals surface area contributed by atoms with Crippen molar-refractivity contribution in [1.29, 1.82) is 0 Å². The maximum absolute atomic E-state index is 13.8. The predicted octanol–water partition coefficient (Wildman–Crippen LogP) is 3.93. The summed E-state index contributed by atoms with van der Waals surface area (Å²) in [5.41, 5.74) is 0.920. The van der Waals surface area contributed by atoms with Crippen LogP contribution in [0.5, 0.6) is 0 Å². The molecule has 3 rings (SSSR count). The molecule has 24 heavy (non-hydrogen) atoms. The number of likely N-dealkylation sites (tertiary alicyclic amines) is 1. The van der Waals surface area contributed by atoms with Gasteiger partial charge in [-0.15, -0.1) is 0 Å². The Morgan fingerprint density at radius 3 is 2.79 bits per heavy atom. The summed E-state index contributed by atoms with van der Waals surface area (Å²) in [7, 11) is 0. The largest absolute Gasteiger partial charge is 0.335 e. The van der Waals surface area contributed by atoms with Gasteiger partial charge in [-0.2, -0.15) is 0 Å². The average Bonchev–Trinajstić information content (AvgIpc) is 2.61. The molecule has 1 aliphatic heterocycles. The van der Waals surface area contributed by atoms with Crippen LogP contribution in [0.25, 0.3) is 11.4 Å². The van der Waals surface area contributed by atoms with Crippen molar-refractivity contribution in [2.24, 2.45) is 5.92 Å². The van der Waals surface area contributed by atoms with Crippen LogP contribution in [0.4, 0.5) is 4.39 Å². The predicted molar refractivity (Wildman–Crippen MR) is 90.9 cm³/mol. The Morgan fingerprint density at radius 1 is 1.33 bits per heavy atom. The van der Waals surface area contributed by atoms with Gasteiger partial charge in [0.25, 0.3) is 5.91 Å². The molecule has 0 radical (unpaired) electrons. The Kier molecular flexibility index (Phi) is 4.88. The quantitative estimate of drug-likeness (QED) is 0.858. The molecule has 2 aromatic rings. The first-order chi connectivity index (χ1) is 11.6. The van der Waals surface area contributed by atoms with E-state index in [1.54, 1.807) is 24.5 Å². The van der Waals surface area contributed by atoms with Crippen molar-refractivity contribution in [2.45, 2.75) is 39.2 Å². The topological polar surface area (TPSA) is 46.1 Å². The Bertz CT molecular complexity index is 720. The van der Waals surface area contributed by atoms with E-state index >= 15 is 0 Å². The van der Waals surface area contributed by atoms with Crippen molar-refractivity contribution in [3.05, 3.63) is 48.0 Å². The molecule has 1 aliphatic rings. The highest BCUT2D eigenvalue weighted by atomic mass is 19.1. The van der Waals surface area contributed by atoms with E-state index in [1.165, 1.54) is 12.1 Å².